The molecule has 6 heteroatoms. The molecule has 0 saturated carbocycles. The van der Waals surface area contributed by atoms with E-state index in [1.165, 1.54) is 11.3 Å². The maximum absolute atomic E-state index is 6.15. The van der Waals surface area contributed by atoms with Crippen LogP contribution in [0.3, 0.4) is 0 Å². The predicted octanol–water partition coefficient (Wildman–Crippen LogP) is 5.07. The fourth-order valence-electron chi connectivity index (χ4n) is 1.84. The van der Waals surface area contributed by atoms with Crippen LogP contribution in [0.4, 0.5) is 5.88 Å². The number of nitrogens with two attached hydrogens (primary N) is 1. The van der Waals surface area contributed by atoms with Crippen molar-refractivity contribution in [3.8, 4) is 21.7 Å². The maximum atomic E-state index is 6.15. The minimum Gasteiger partial charge on any atom is -0.367 e. The summed E-state index contributed by atoms with van der Waals surface area (Å²) >= 11 is 11.1. The Kier molecular flexibility index (Phi) is 3.35. The fraction of sp³-hybridized carbons (Fsp3) is 0. The van der Waals surface area contributed by atoms with Crippen molar-refractivity contribution in [3.05, 3.63) is 45.2 Å². The van der Waals surface area contributed by atoms with E-state index in [0.717, 1.165) is 20.5 Å². The van der Waals surface area contributed by atoms with Gasteiger partial charge in [0.25, 0.3) is 0 Å². The summed E-state index contributed by atoms with van der Waals surface area (Å²) < 4.78 is 6.10. The molecule has 1 aromatic carbocycles. The molecule has 3 aromatic rings. The van der Waals surface area contributed by atoms with Crippen LogP contribution < -0.4 is 5.73 Å². The first-order chi connectivity index (χ1) is 9.16. The highest BCUT2D eigenvalue weighted by Crippen LogP contribution is 2.41. The van der Waals surface area contributed by atoms with Gasteiger partial charge in [-0.05, 0) is 29.1 Å². The Balaban J connectivity index is 2.22. The highest BCUT2D eigenvalue weighted by Gasteiger charge is 2.20. The van der Waals surface area contributed by atoms with Crippen LogP contribution in [0.25, 0.3) is 21.7 Å². The van der Waals surface area contributed by atoms with Gasteiger partial charge in [-0.15, -0.1) is 11.3 Å². The van der Waals surface area contributed by atoms with Crippen LogP contribution in [0.5, 0.6) is 0 Å². The molecule has 0 aliphatic heterocycles. The number of aromatic nitrogens is 1. The Morgan fingerprint density at radius 3 is 2.84 bits per heavy atom. The second-order valence-corrected chi connectivity index (χ2v) is 6.12. The lowest BCUT2D eigenvalue weighted by molar-refractivity contribution is 0.439. The van der Waals surface area contributed by atoms with Gasteiger partial charge in [0.2, 0.25) is 5.88 Å². The second kappa shape index (κ2) is 5.00. The molecule has 2 heterocycles. The number of nitrogens with zero attached hydrogens (tertiary/aromatic N) is 1. The number of benzene rings is 1. The van der Waals surface area contributed by atoms with E-state index in [9.17, 15) is 0 Å². The summed E-state index contributed by atoms with van der Waals surface area (Å²) in [4.78, 5) is 0.858. The summed E-state index contributed by atoms with van der Waals surface area (Å²) in [5.41, 5.74) is 8.28. The van der Waals surface area contributed by atoms with Gasteiger partial charge in [0.1, 0.15) is 5.69 Å². The van der Waals surface area contributed by atoms with Gasteiger partial charge in [-0.2, -0.15) is 0 Å². The van der Waals surface area contributed by atoms with Gasteiger partial charge in [-0.25, -0.2) is 0 Å². The normalized spacial score (nSPS) is 10.8. The van der Waals surface area contributed by atoms with Crippen molar-refractivity contribution >= 4 is 44.8 Å². The monoisotopic (exact) mass is 354 g/mol. The molecule has 0 bridgehead atoms. The molecule has 0 aliphatic carbocycles. The molecule has 0 amide bonds. The van der Waals surface area contributed by atoms with Crippen molar-refractivity contribution in [2.24, 2.45) is 0 Å². The highest BCUT2D eigenvalue weighted by molar-refractivity contribution is 9.10. The fourth-order valence-corrected chi connectivity index (χ4v) is 3.38. The largest absolute Gasteiger partial charge is 0.367 e. The highest BCUT2D eigenvalue weighted by atomic mass is 79.9. The number of halogens is 2. The summed E-state index contributed by atoms with van der Waals surface area (Å²) in [6, 6.07) is 9.64. The minimum atomic E-state index is 0.289. The lowest BCUT2D eigenvalue weighted by Gasteiger charge is -2.02. The molecule has 19 heavy (non-hydrogen) atoms. The van der Waals surface area contributed by atoms with E-state index >= 15 is 0 Å². The molecule has 0 radical (unpaired) electrons. The van der Waals surface area contributed by atoms with Crippen LogP contribution >= 0.6 is 38.9 Å². The molecule has 0 spiro atoms. The van der Waals surface area contributed by atoms with Crippen molar-refractivity contribution in [1.29, 1.82) is 0 Å². The van der Waals surface area contributed by atoms with E-state index in [4.69, 9.17) is 21.9 Å². The van der Waals surface area contributed by atoms with Crippen LogP contribution in [0.2, 0.25) is 5.02 Å². The SMILES string of the molecule is Nc1onc(-c2sccc2Cl)c1-c1cccc(Br)c1. The van der Waals surface area contributed by atoms with Crippen molar-refractivity contribution < 1.29 is 4.52 Å². The smallest absolute Gasteiger partial charge is 0.230 e. The summed E-state index contributed by atoms with van der Waals surface area (Å²) in [6.07, 6.45) is 0. The number of hydrogen-bond donors (Lipinski definition) is 1. The number of rotatable bonds is 2. The Morgan fingerprint density at radius 1 is 1.32 bits per heavy atom. The first-order valence-electron chi connectivity index (χ1n) is 5.41. The quantitative estimate of drug-likeness (QED) is 0.698. The first-order valence-corrected chi connectivity index (χ1v) is 7.46. The molecule has 2 aromatic heterocycles. The predicted molar refractivity (Wildman–Crippen MR) is 82.4 cm³/mol. The third kappa shape index (κ3) is 2.29. The molecule has 3 rings (SSSR count). The minimum absolute atomic E-state index is 0.289. The van der Waals surface area contributed by atoms with Crippen molar-refractivity contribution in [2.45, 2.75) is 0 Å². The summed E-state index contributed by atoms with van der Waals surface area (Å²) in [5, 5.41) is 6.59. The van der Waals surface area contributed by atoms with Crippen molar-refractivity contribution in [1.82, 2.24) is 5.16 Å². The lowest BCUT2D eigenvalue weighted by atomic mass is 10.1. The molecule has 0 atom stereocenters. The number of anilines is 1. The van der Waals surface area contributed by atoms with Crippen LogP contribution in [-0.4, -0.2) is 5.16 Å². The topological polar surface area (TPSA) is 52.0 Å². The first kappa shape index (κ1) is 12.7. The summed E-state index contributed by atoms with van der Waals surface area (Å²) in [7, 11) is 0. The molecule has 0 saturated heterocycles. The summed E-state index contributed by atoms with van der Waals surface area (Å²) in [5.74, 6) is 0.289. The molecular formula is C13H8BrClN2OS. The van der Waals surface area contributed by atoms with Gasteiger partial charge in [-0.1, -0.05) is 44.8 Å². The van der Waals surface area contributed by atoms with E-state index in [1.54, 1.807) is 0 Å². The zero-order valence-corrected chi connectivity index (χ0v) is 12.7. The van der Waals surface area contributed by atoms with Gasteiger partial charge in [0, 0.05) is 4.47 Å². The Bertz CT molecular complexity index is 738. The maximum Gasteiger partial charge on any atom is 0.230 e. The standard InChI is InChI=1S/C13H8BrClN2OS/c14-8-3-1-2-7(6-8)10-11(17-18-13(10)16)12-9(15)4-5-19-12/h1-6H,16H2. The van der Waals surface area contributed by atoms with Gasteiger partial charge < -0.3 is 10.3 Å². The van der Waals surface area contributed by atoms with E-state index < -0.39 is 0 Å². The molecule has 0 fully saturated rings. The second-order valence-electron chi connectivity index (χ2n) is 3.88. The lowest BCUT2D eigenvalue weighted by Crippen LogP contribution is -1.87. The van der Waals surface area contributed by atoms with E-state index in [0.29, 0.717) is 10.7 Å². The molecule has 2 N–H and O–H groups in total. The Labute approximate surface area is 127 Å². The molecule has 96 valence electrons. The van der Waals surface area contributed by atoms with Gasteiger partial charge in [0.05, 0.1) is 15.5 Å². The molecule has 0 unspecified atom stereocenters. The van der Waals surface area contributed by atoms with Gasteiger partial charge >= 0.3 is 0 Å². The van der Waals surface area contributed by atoms with E-state index in [-0.39, 0.29) is 5.88 Å². The third-order valence-corrected chi connectivity index (χ3v) is 4.51. The van der Waals surface area contributed by atoms with Crippen molar-refractivity contribution in [3.63, 3.8) is 0 Å². The van der Waals surface area contributed by atoms with Crippen molar-refractivity contribution in [2.75, 3.05) is 5.73 Å². The zero-order valence-electron chi connectivity index (χ0n) is 9.56. The van der Waals surface area contributed by atoms with Crippen LogP contribution in [0.1, 0.15) is 0 Å². The number of nitrogen functional groups attached to an aromatic ring is 1. The molecule has 3 nitrogen and oxygen atoms in total. The van der Waals surface area contributed by atoms with Gasteiger partial charge in [-0.3, -0.25) is 0 Å². The zero-order chi connectivity index (χ0) is 13.4. The average molecular weight is 356 g/mol. The van der Waals surface area contributed by atoms with Crippen LogP contribution in [0, 0.1) is 0 Å². The van der Waals surface area contributed by atoms with Crippen LogP contribution in [0.15, 0.2) is 44.7 Å². The number of hydrogen-bond acceptors (Lipinski definition) is 4. The van der Waals surface area contributed by atoms with E-state index in [1.807, 2.05) is 35.7 Å². The average Bonchev–Trinajstić information content (AvgIpc) is 2.95. The van der Waals surface area contributed by atoms with Crippen LogP contribution in [-0.2, 0) is 0 Å². The summed E-state index contributed by atoms with van der Waals surface area (Å²) in [6.45, 7) is 0. The number of thiophene rings is 1. The van der Waals surface area contributed by atoms with E-state index in [2.05, 4.69) is 21.1 Å². The third-order valence-electron chi connectivity index (χ3n) is 2.66. The van der Waals surface area contributed by atoms with Gasteiger partial charge in [0.15, 0.2) is 0 Å². The molecular weight excluding hydrogens is 348 g/mol. The molecule has 0 aliphatic rings. The Morgan fingerprint density at radius 2 is 2.16 bits per heavy atom. The Hall–Kier alpha value is -1.30.